The van der Waals surface area contributed by atoms with Crippen molar-refractivity contribution in [3.63, 3.8) is 0 Å². The molecule has 0 aliphatic heterocycles. The molecule has 0 spiro atoms. The van der Waals surface area contributed by atoms with Crippen molar-refractivity contribution >= 4 is 53.6 Å². The zero-order valence-electron chi connectivity index (χ0n) is 29.1. The quantitative estimate of drug-likeness (QED) is 0.115. The lowest BCUT2D eigenvalue weighted by Crippen LogP contribution is -2.28. The molecule has 52 heavy (non-hydrogen) atoms. The molecule has 2 atom stereocenters. The molecule has 0 bridgehead atoms. The van der Waals surface area contributed by atoms with Crippen LogP contribution in [0.2, 0.25) is 5.02 Å². The van der Waals surface area contributed by atoms with Crippen molar-refractivity contribution in [3.8, 4) is 17.2 Å². The third kappa shape index (κ3) is 7.71. The van der Waals surface area contributed by atoms with E-state index in [1.807, 2.05) is 64.1 Å². The molecule has 0 saturated heterocycles. The van der Waals surface area contributed by atoms with E-state index in [-0.39, 0.29) is 19.6 Å². The molecule has 0 aliphatic carbocycles. The van der Waals surface area contributed by atoms with Crippen molar-refractivity contribution in [1.82, 2.24) is 0 Å². The van der Waals surface area contributed by atoms with Crippen LogP contribution < -0.4 is 9.47 Å². The van der Waals surface area contributed by atoms with Crippen LogP contribution in [0, 0.1) is 0 Å². The van der Waals surface area contributed by atoms with E-state index in [1.165, 1.54) is 24.3 Å². The fourth-order valence-electron chi connectivity index (χ4n) is 5.81. The highest BCUT2D eigenvalue weighted by molar-refractivity contribution is 7.91. The minimum absolute atomic E-state index is 0.161. The second kappa shape index (κ2) is 14.6. The molecule has 0 N–H and O–H groups in total. The van der Waals surface area contributed by atoms with E-state index in [2.05, 4.69) is 0 Å². The van der Waals surface area contributed by atoms with Crippen molar-refractivity contribution in [2.75, 3.05) is 0 Å². The van der Waals surface area contributed by atoms with Crippen LogP contribution in [-0.4, -0.2) is 16.8 Å². The Bertz CT molecular complexity index is 2430. The third-order valence-electron chi connectivity index (χ3n) is 9.50. The van der Waals surface area contributed by atoms with Gasteiger partial charge in [-0.05, 0) is 146 Å². The summed E-state index contributed by atoms with van der Waals surface area (Å²) in [6, 6.07) is 37.4. The molecule has 0 fully saturated rings. The number of halogens is 2. The average Bonchev–Trinajstić information content (AvgIpc) is 3.15. The Balaban J connectivity index is 1.17. The molecule has 268 valence electrons. The second-order valence-corrected chi connectivity index (χ2v) is 18.2. The van der Waals surface area contributed by atoms with E-state index in [0.29, 0.717) is 35.1 Å². The molecule has 0 aliphatic rings. The minimum atomic E-state index is -3.73. The van der Waals surface area contributed by atoms with Gasteiger partial charge in [-0.25, -0.2) is 16.8 Å². The summed E-state index contributed by atoms with van der Waals surface area (Å²) >= 11 is 12.5. The van der Waals surface area contributed by atoms with E-state index in [9.17, 15) is 16.8 Å². The first-order valence-corrected chi connectivity index (χ1v) is 20.5. The van der Waals surface area contributed by atoms with Crippen LogP contribution in [0.15, 0.2) is 153 Å². The lowest BCUT2D eigenvalue weighted by Gasteiger charge is -2.30. The maximum absolute atomic E-state index is 13.3. The lowest BCUT2D eigenvalue weighted by atomic mass is 9.93. The summed E-state index contributed by atoms with van der Waals surface area (Å²) in [5, 5.41) is 2.33. The van der Waals surface area contributed by atoms with Crippen LogP contribution in [0.3, 0.4) is 0 Å². The number of hydrogen-bond donors (Lipinski definition) is 0. The van der Waals surface area contributed by atoms with Gasteiger partial charge in [0.05, 0.1) is 24.5 Å². The monoisotopic (exact) mass is 772 g/mol. The summed E-state index contributed by atoms with van der Waals surface area (Å²) in [4.78, 5) is 0.154. The number of rotatable bonds is 12. The Morgan fingerprint density at radius 3 is 1.44 bits per heavy atom. The Morgan fingerprint density at radius 2 is 0.942 bits per heavy atom. The Labute approximate surface area is 315 Å². The van der Waals surface area contributed by atoms with Crippen molar-refractivity contribution in [2.24, 2.45) is 0 Å². The highest BCUT2D eigenvalue weighted by atomic mass is 35.5. The minimum Gasteiger partial charge on any atom is -0.483 e. The van der Waals surface area contributed by atoms with E-state index < -0.39 is 30.1 Å². The molecule has 6 aromatic rings. The van der Waals surface area contributed by atoms with Crippen molar-refractivity contribution < 1.29 is 26.3 Å². The van der Waals surface area contributed by atoms with Gasteiger partial charge in [-0.15, -0.1) is 11.6 Å². The molecule has 10 heteroatoms. The fourth-order valence-corrected chi connectivity index (χ4v) is 8.58. The first-order valence-electron chi connectivity index (χ1n) is 16.8. The zero-order chi connectivity index (χ0) is 37.3. The molecule has 0 aromatic heterocycles. The summed E-state index contributed by atoms with van der Waals surface area (Å²) in [7, 11) is -7.44. The third-order valence-corrected chi connectivity index (χ3v) is 13.8. The van der Waals surface area contributed by atoms with Gasteiger partial charge in [0.15, 0.2) is 0 Å². The molecule has 0 heterocycles. The number of fused-ring (bicyclic) bond motifs is 1. The van der Waals surface area contributed by atoms with Crippen LogP contribution in [0.1, 0.15) is 51.7 Å². The predicted molar refractivity (Wildman–Crippen MR) is 207 cm³/mol. The first-order chi connectivity index (χ1) is 24.6. The summed E-state index contributed by atoms with van der Waals surface area (Å²) in [5.41, 5.74) is 0.956. The van der Waals surface area contributed by atoms with Gasteiger partial charge in [-0.2, -0.15) is 0 Å². The van der Waals surface area contributed by atoms with Gasteiger partial charge >= 0.3 is 0 Å². The predicted octanol–water partition coefficient (Wildman–Crippen LogP) is 11.5. The average molecular weight is 774 g/mol. The SMILES string of the molecule is CCC(C)(Cl)c1ccc(S(=O)(=O)c2ccc(Oc3ccc4ccc(OC(C)(CC)c5ccc(S(=O)(=O)c6ccc(Cl)cc6)cc5)cc4c3)cc2)cc1. The van der Waals surface area contributed by atoms with Crippen LogP contribution in [-0.2, 0) is 30.1 Å². The van der Waals surface area contributed by atoms with Gasteiger partial charge in [0.25, 0.3) is 0 Å². The number of ether oxygens (including phenoxy) is 2. The lowest BCUT2D eigenvalue weighted by molar-refractivity contribution is 0.0827. The Hall–Kier alpha value is -4.34. The first kappa shape index (κ1) is 37.4. The van der Waals surface area contributed by atoms with Crippen molar-refractivity contribution in [2.45, 2.75) is 70.6 Å². The maximum Gasteiger partial charge on any atom is 0.206 e. The summed E-state index contributed by atoms with van der Waals surface area (Å²) < 4.78 is 65.7. The smallest absolute Gasteiger partial charge is 0.206 e. The van der Waals surface area contributed by atoms with Crippen LogP contribution in [0.25, 0.3) is 10.8 Å². The van der Waals surface area contributed by atoms with Gasteiger partial charge in [-0.3, -0.25) is 0 Å². The van der Waals surface area contributed by atoms with Gasteiger partial charge in [0.2, 0.25) is 19.7 Å². The fraction of sp³-hybridized carbons (Fsp3) is 0.190. The number of benzene rings is 6. The highest BCUT2D eigenvalue weighted by Crippen LogP contribution is 2.36. The largest absolute Gasteiger partial charge is 0.483 e. The summed E-state index contributed by atoms with van der Waals surface area (Å²) in [6.07, 6.45) is 1.34. The van der Waals surface area contributed by atoms with Gasteiger partial charge < -0.3 is 9.47 Å². The number of alkyl halides is 1. The van der Waals surface area contributed by atoms with Crippen molar-refractivity contribution in [3.05, 3.63) is 150 Å². The van der Waals surface area contributed by atoms with E-state index in [1.54, 1.807) is 72.8 Å². The highest BCUT2D eigenvalue weighted by Gasteiger charge is 2.28. The van der Waals surface area contributed by atoms with E-state index in [0.717, 1.165) is 21.9 Å². The van der Waals surface area contributed by atoms with Crippen LogP contribution in [0.5, 0.6) is 17.2 Å². The molecular formula is C42H38Cl2O6S2. The molecule has 2 unspecified atom stereocenters. The topological polar surface area (TPSA) is 86.7 Å². The van der Waals surface area contributed by atoms with Crippen molar-refractivity contribution in [1.29, 1.82) is 0 Å². The van der Waals surface area contributed by atoms with Crippen LogP contribution >= 0.6 is 23.2 Å². The van der Waals surface area contributed by atoms with Crippen LogP contribution in [0.4, 0.5) is 0 Å². The molecule has 6 nitrogen and oxygen atoms in total. The van der Waals surface area contributed by atoms with Gasteiger partial charge in [0.1, 0.15) is 22.8 Å². The zero-order valence-corrected chi connectivity index (χ0v) is 32.3. The van der Waals surface area contributed by atoms with Gasteiger partial charge in [-0.1, -0.05) is 61.8 Å². The molecule has 0 saturated carbocycles. The molecule has 6 rings (SSSR count). The molecule has 0 radical (unpaired) electrons. The normalized spacial score (nSPS) is 14.3. The summed E-state index contributed by atoms with van der Waals surface area (Å²) in [5.74, 6) is 1.70. The Kier molecular flexibility index (Phi) is 10.5. The maximum atomic E-state index is 13.3. The van der Waals surface area contributed by atoms with E-state index in [4.69, 9.17) is 32.7 Å². The summed E-state index contributed by atoms with van der Waals surface area (Å²) in [6.45, 7) is 7.88. The standard InChI is InChI=1S/C42H38Cl2O6S2/c1-5-41(3,44)31-9-19-37(20-10-31)52(47,48)40-25-17-34(18-26-40)49-35-15-7-29-8-16-36(28-30(29)27-35)50-42(4,6-2)32-11-21-38(22-12-32)51(45,46)39-23-13-33(43)14-24-39/h7-28H,5-6H2,1-4H3. The second-order valence-electron chi connectivity index (χ2n) is 13.0. The van der Waals surface area contributed by atoms with E-state index >= 15 is 0 Å². The molecule has 6 aromatic carbocycles. The number of hydrogen-bond acceptors (Lipinski definition) is 6. The number of sulfone groups is 2. The molecular weight excluding hydrogens is 735 g/mol. The Morgan fingerprint density at radius 1 is 0.519 bits per heavy atom. The van der Waals surface area contributed by atoms with Gasteiger partial charge in [0, 0.05) is 5.02 Å². The molecule has 0 amide bonds.